The van der Waals surface area contributed by atoms with E-state index in [2.05, 4.69) is 19.8 Å². The van der Waals surface area contributed by atoms with Crippen molar-refractivity contribution in [2.75, 3.05) is 5.32 Å². The highest BCUT2D eigenvalue weighted by Crippen LogP contribution is 2.40. The summed E-state index contributed by atoms with van der Waals surface area (Å²) in [6.45, 7) is 0. The summed E-state index contributed by atoms with van der Waals surface area (Å²) in [5, 5.41) is 18.1. The minimum Gasteiger partial charge on any atom is -0.492 e. The second-order valence-corrected chi connectivity index (χ2v) is 7.34. The molecule has 0 amide bonds. The predicted octanol–water partition coefficient (Wildman–Crippen LogP) is 6.10. The molecule has 5 aromatic rings. The van der Waals surface area contributed by atoms with Crippen molar-refractivity contribution in [3.63, 3.8) is 0 Å². The summed E-state index contributed by atoms with van der Waals surface area (Å²) in [7, 11) is 0. The number of para-hydroxylation sites is 1. The van der Waals surface area contributed by atoms with Crippen molar-refractivity contribution in [3.8, 4) is 40.2 Å². The number of ether oxygens (including phenoxy) is 1. The van der Waals surface area contributed by atoms with Gasteiger partial charge in [0.2, 0.25) is 11.7 Å². The topological polar surface area (TPSA) is 93.3 Å². The number of aromatic hydroxyl groups is 1. The zero-order chi connectivity index (χ0) is 21.0. The van der Waals surface area contributed by atoms with E-state index in [1.165, 1.54) is 0 Å². The van der Waals surface area contributed by atoms with Crippen LogP contribution in [0.15, 0.2) is 89.5 Å². The van der Waals surface area contributed by atoms with Gasteiger partial charge in [0.15, 0.2) is 0 Å². The van der Waals surface area contributed by atoms with E-state index < -0.39 is 0 Å². The minimum atomic E-state index is -0.156. The highest BCUT2D eigenvalue weighted by Gasteiger charge is 2.21. The highest BCUT2D eigenvalue weighted by molar-refractivity contribution is 7.11. The molecule has 0 fully saturated rings. The van der Waals surface area contributed by atoms with Crippen molar-refractivity contribution < 1.29 is 14.4 Å². The maximum absolute atomic E-state index is 10.3. The summed E-state index contributed by atoms with van der Waals surface area (Å²) in [5.74, 6) is 1.96. The molecule has 0 aliphatic rings. The third-order valence-corrected chi connectivity index (χ3v) is 5.19. The first-order valence-electron chi connectivity index (χ1n) is 9.44. The number of anilines is 2. The Hall–Kier alpha value is -4.17. The van der Waals surface area contributed by atoms with E-state index in [0.717, 1.165) is 34.3 Å². The monoisotopic (exact) mass is 428 g/mol. The fraction of sp³-hybridized carbons (Fsp3) is 0. The normalized spacial score (nSPS) is 10.7. The summed E-state index contributed by atoms with van der Waals surface area (Å²) in [4.78, 5) is 4.42. The van der Waals surface area contributed by atoms with Gasteiger partial charge in [0.05, 0.1) is 0 Å². The van der Waals surface area contributed by atoms with Gasteiger partial charge in [-0.3, -0.25) is 0 Å². The third-order valence-electron chi connectivity index (χ3n) is 4.44. The third kappa shape index (κ3) is 4.10. The van der Waals surface area contributed by atoms with Crippen LogP contribution in [-0.2, 0) is 0 Å². The van der Waals surface area contributed by atoms with Gasteiger partial charge >= 0.3 is 0 Å². The Morgan fingerprint density at radius 2 is 1.52 bits per heavy atom. The van der Waals surface area contributed by atoms with Crippen molar-refractivity contribution >= 4 is 22.2 Å². The van der Waals surface area contributed by atoms with Gasteiger partial charge in [0.1, 0.15) is 22.1 Å². The molecule has 0 atom stereocenters. The van der Waals surface area contributed by atoms with Crippen LogP contribution in [0.2, 0.25) is 0 Å². The van der Waals surface area contributed by atoms with Crippen LogP contribution < -0.4 is 10.1 Å². The van der Waals surface area contributed by atoms with Crippen LogP contribution in [0.5, 0.6) is 17.4 Å². The largest absolute Gasteiger partial charge is 0.492 e. The molecule has 0 aliphatic carbocycles. The molecule has 0 spiro atoms. The van der Waals surface area contributed by atoms with Crippen LogP contribution >= 0.6 is 11.5 Å². The zero-order valence-corrected chi connectivity index (χ0v) is 16.9. The first-order chi connectivity index (χ1) is 15.3. The maximum atomic E-state index is 10.3. The Labute approximate surface area is 181 Å². The van der Waals surface area contributed by atoms with Gasteiger partial charge < -0.3 is 19.7 Å². The van der Waals surface area contributed by atoms with Crippen LogP contribution in [-0.4, -0.2) is 19.6 Å². The molecule has 31 heavy (non-hydrogen) atoms. The molecular formula is C23H16N4O3S. The van der Waals surface area contributed by atoms with Crippen LogP contribution in [0.4, 0.5) is 10.7 Å². The van der Waals surface area contributed by atoms with Crippen molar-refractivity contribution in [3.05, 3.63) is 84.9 Å². The Kier molecular flexibility index (Phi) is 5.04. The van der Waals surface area contributed by atoms with Crippen molar-refractivity contribution in [1.82, 2.24) is 14.5 Å². The summed E-state index contributed by atoms with van der Waals surface area (Å²) in [5.41, 5.74) is 1.99. The fourth-order valence-corrected chi connectivity index (χ4v) is 3.66. The van der Waals surface area contributed by atoms with Crippen molar-refractivity contribution in [2.45, 2.75) is 0 Å². The molecule has 0 saturated heterocycles. The van der Waals surface area contributed by atoms with Crippen LogP contribution in [0.1, 0.15) is 0 Å². The van der Waals surface area contributed by atoms with E-state index >= 15 is 0 Å². The minimum absolute atomic E-state index is 0.156. The molecular weight excluding hydrogens is 412 g/mol. The van der Waals surface area contributed by atoms with Crippen LogP contribution in [0.25, 0.3) is 22.8 Å². The number of nitrogens with zero attached hydrogens (tertiary/aromatic N) is 3. The molecule has 0 bridgehead atoms. The van der Waals surface area contributed by atoms with E-state index in [-0.39, 0.29) is 11.7 Å². The van der Waals surface area contributed by atoms with E-state index in [4.69, 9.17) is 9.26 Å². The fourth-order valence-electron chi connectivity index (χ4n) is 2.95. The lowest BCUT2D eigenvalue weighted by atomic mass is 10.2. The molecule has 3 aromatic carbocycles. The average molecular weight is 428 g/mol. The second-order valence-electron chi connectivity index (χ2n) is 6.56. The molecule has 5 rings (SSSR count). The number of nitrogens with one attached hydrogen (secondary N) is 1. The van der Waals surface area contributed by atoms with Crippen LogP contribution in [0.3, 0.4) is 0 Å². The summed E-state index contributed by atoms with van der Waals surface area (Å²) in [6.07, 6.45) is 0. The summed E-state index contributed by atoms with van der Waals surface area (Å²) >= 11 is 1.11. The Balaban J connectivity index is 1.36. The number of rotatable bonds is 6. The van der Waals surface area contributed by atoms with Gasteiger partial charge in [-0.05, 0) is 60.1 Å². The molecule has 0 radical (unpaired) electrons. The molecule has 7 nitrogen and oxygen atoms in total. The van der Waals surface area contributed by atoms with Gasteiger partial charge in [-0.2, -0.15) is 9.36 Å². The lowest BCUT2D eigenvalue weighted by Gasteiger charge is -2.08. The molecule has 0 saturated carbocycles. The maximum Gasteiger partial charge on any atom is 0.258 e. The summed E-state index contributed by atoms with van der Waals surface area (Å²) < 4.78 is 15.2. The zero-order valence-electron chi connectivity index (χ0n) is 16.1. The molecule has 2 N–H and O–H groups in total. The van der Waals surface area contributed by atoms with Gasteiger partial charge in [-0.1, -0.05) is 41.6 Å². The van der Waals surface area contributed by atoms with Gasteiger partial charge in [0, 0.05) is 11.3 Å². The smallest absolute Gasteiger partial charge is 0.258 e. The van der Waals surface area contributed by atoms with Gasteiger partial charge in [0.25, 0.3) is 5.89 Å². The van der Waals surface area contributed by atoms with E-state index in [9.17, 15) is 5.11 Å². The molecule has 152 valence electrons. The van der Waals surface area contributed by atoms with Crippen molar-refractivity contribution in [1.29, 1.82) is 0 Å². The van der Waals surface area contributed by atoms with E-state index in [1.54, 1.807) is 0 Å². The lowest BCUT2D eigenvalue weighted by molar-refractivity contribution is 0.430. The summed E-state index contributed by atoms with van der Waals surface area (Å²) in [6, 6.07) is 26.5. The molecule has 0 unspecified atom stereocenters. The number of hydrogen-bond donors (Lipinski definition) is 2. The Morgan fingerprint density at radius 3 is 2.26 bits per heavy atom. The lowest BCUT2D eigenvalue weighted by Crippen LogP contribution is -1.91. The first kappa shape index (κ1) is 18.8. The predicted molar refractivity (Wildman–Crippen MR) is 119 cm³/mol. The number of aromatic nitrogens is 3. The molecule has 2 aromatic heterocycles. The molecule has 2 heterocycles. The first-order valence-corrected chi connectivity index (χ1v) is 10.2. The second kappa shape index (κ2) is 8.29. The van der Waals surface area contributed by atoms with Gasteiger partial charge in [-0.15, -0.1) is 0 Å². The SMILES string of the molecule is Oc1nsc(Nc2ccc(Oc3ccccc3)cc2)c1-c1noc(-c2ccccc2)n1. The average Bonchev–Trinajstić information content (AvgIpc) is 3.43. The number of benzene rings is 3. The quantitative estimate of drug-likeness (QED) is 0.337. The Bertz CT molecular complexity index is 1290. The highest BCUT2D eigenvalue weighted by atomic mass is 32.1. The molecule has 0 aliphatic heterocycles. The van der Waals surface area contributed by atoms with E-state index in [0.29, 0.717) is 16.5 Å². The Morgan fingerprint density at radius 1 is 0.839 bits per heavy atom. The molecule has 8 heteroatoms. The van der Waals surface area contributed by atoms with Gasteiger partial charge in [-0.25, -0.2) is 0 Å². The van der Waals surface area contributed by atoms with E-state index in [1.807, 2.05) is 84.9 Å². The van der Waals surface area contributed by atoms with Crippen LogP contribution in [0, 0.1) is 0 Å². The number of hydrogen-bond acceptors (Lipinski definition) is 8. The van der Waals surface area contributed by atoms with Crippen molar-refractivity contribution in [2.24, 2.45) is 0 Å². The standard InChI is InChI=1S/C23H16N4O3S/c28-21-19(20-25-22(30-26-20)15-7-3-1-4-8-15)23(31-27-21)24-16-11-13-18(14-12-16)29-17-9-5-2-6-10-17/h1-14,24H,(H,27,28).